The van der Waals surface area contributed by atoms with E-state index < -0.39 is 5.54 Å². The molecule has 0 aliphatic rings. The molecule has 5 heteroatoms. The number of hydrogen-bond donors (Lipinski definition) is 1. The van der Waals surface area contributed by atoms with Crippen LogP contribution in [-0.2, 0) is 7.05 Å². The molecule has 0 aliphatic carbocycles. The first-order chi connectivity index (χ1) is 7.29. The number of likely N-dealkylation sites (N-methyl/N-ethyl adjacent to an activating group) is 1. The molecule has 0 aromatic carbocycles. The predicted molar refractivity (Wildman–Crippen MR) is 66.4 cm³/mol. The van der Waals surface area contributed by atoms with Crippen LogP contribution in [0.15, 0.2) is 16.7 Å². The van der Waals surface area contributed by atoms with Crippen LogP contribution in [0, 0.1) is 0 Å². The maximum absolute atomic E-state index is 12.2. The highest BCUT2D eigenvalue weighted by molar-refractivity contribution is 9.10. The fourth-order valence-electron chi connectivity index (χ4n) is 1.29. The molecule has 1 N–H and O–H groups in total. The number of aryl methyl sites for hydroxylation is 1. The van der Waals surface area contributed by atoms with Crippen LogP contribution in [0.25, 0.3) is 0 Å². The van der Waals surface area contributed by atoms with Gasteiger partial charge >= 0.3 is 0 Å². The molecule has 0 spiro atoms. The minimum absolute atomic E-state index is 0.0686. The van der Waals surface area contributed by atoms with E-state index in [0.717, 1.165) is 4.47 Å². The molecule has 1 heterocycles. The van der Waals surface area contributed by atoms with E-state index in [2.05, 4.69) is 15.9 Å². The molecule has 0 aliphatic heterocycles. The number of hydrogen-bond acceptors (Lipinski definition) is 2. The first-order valence-corrected chi connectivity index (χ1v) is 5.80. The van der Waals surface area contributed by atoms with E-state index >= 15 is 0 Å². The topological polar surface area (TPSA) is 45.5 Å². The van der Waals surface area contributed by atoms with E-state index in [-0.39, 0.29) is 12.5 Å². The molecule has 1 aromatic heterocycles. The lowest BCUT2D eigenvalue weighted by molar-refractivity contribution is 0.0464. The number of amides is 1. The van der Waals surface area contributed by atoms with Crippen molar-refractivity contribution in [3.8, 4) is 0 Å². The lowest BCUT2D eigenvalue weighted by atomic mass is 10.0. The fourth-order valence-corrected chi connectivity index (χ4v) is 1.81. The van der Waals surface area contributed by atoms with E-state index in [1.54, 1.807) is 22.6 Å². The van der Waals surface area contributed by atoms with Crippen molar-refractivity contribution in [1.82, 2.24) is 9.47 Å². The lowest BCUT2D eigenvalue weighted by Gasteiger charge is -2.33. The summed E-state index contributed by atoms with van der Waals surface area (Å²) in [5.41, 5.74) is 0.0317. The van der Waals surface area contributed by atoms with Gasteiger partial charge in [-0.05, 0) is 35.8 Å². The Bertz CT molecular complexity index is 399. The highest BCUT2D eigenvalue weighted by Crippen LogP contribution is 2.19. The minimum atomic E-state index is -0.562. The molecule has 0 fully saturated rings. The molecule has 16 heavy (non-hydrogen) atoms. The Balaban J connectivity index is 2.99. The Morgan fingerprint density at radius 2 is 2.19 bits per heavy atom. The zero-order chi connectivity index (χ0) is 12.5. The van der Waals surface area contributed by atoms with Gasteiger partial charge in [-0.3, -0.25) is 4.79 Å². The summed E-state index contributed by atoms with van der Waals surface area (Å²) in [7, 11) is 3.51. The Morgan fingerprint density at radius 1 is 1.62 bits per heavy atom. The van der Waals surface area contributed by atoms with Crippen molar-refractivity contribution >= 4 is 21.8 Å². The smallest absolute Gasteiger partial charge is 0.270 e. The van der Waals surface area contributed by atoms with Crippen molar-refractivity contribution in [3.63, 3.8) is 0 Å². The largest absolute Gasteiger partial charge is 0.394 e. The Labute approximate surface area is 104 Å². The quantitative estimate of drug-likeness (QED) is 0.919. The molecule has 1 aromatic rings. The molecule has 90 valence electrons. The van der Waals surface area contributed by atoms with Crippen LogP contribution in [0.1, 0.15) is 24.3 Å². The van der Waals surface area contributed by atoms with Crippen LogP contribution in [0.2, 0.25) is 0 Å². The zero-order valence-corrected chi connectivity index (χ0v) is 11.6. The van der Waals surface area contributed by atoms with E-state index in [1.165, 1.54) is 0 Å². The number of rotatable bonds is 3. The molecular formula is C11H17BrN2O2. The van der Waals surface area contributed by atoms with E-state index in [1.807, 2.05) is 27.1 Å². The van der Waals surface area contributed by atoms with Crippen LogP contribution in [0.5, 0.6) is 0 Å². The van der Waals surface area contributed by atoms with Crippen molar-refractivity contribution in [2.75, 3.05) is 13.7 Å². The maximum Gasteiger partial charge on any atom is 0.270 e. The summed E-state index contributed by atoms with van der Waals surface area (Å²) < 4.78 is 2.63. The number of halogens is 1. The number of aromatic nitrogens is 1. The number of aliphatic hydroxyl groups is 1. The third kappa shape index (κ3) is 2.47. The summed E-state index contributed by atoms with van der Waals surface area (Å²) in [6, 6.07) is 1.77. The lowest BCUT2D eigenvalue weighted by Crippen LogP contribution is -2.48. The molecule has 0 saturated carbocycles. The van der Waals surface area contributed by atoms with Gasteiger partial charge in [0, 0.05) is 24.8 Å². The Morgan fingerprint density at radius 3 is 2.56 bits per heavy atom. The molecule has 1 rings (SSSR count). The summed E-state index contributed by atoms with van der Waals surface area (Å²) >= 11 is 3.33. The third-order valence-corrected chi connectivity index (χ3v) is 3.22. The molecule has 0 bridgehead atoms. The van der Waals surface area contributed by atoms with Gasteiger partial charge in [0.05, 0.1) is 12.1 Å². The van der Waals surface area contributed by atoms with Gasteiger partial charge in [0.2, 0.25) is 0 Å². The summed E-state index contributed by atoms with van der Waals surface area (Å²) in [6.07, 6.45) is 1.83. The standard InChI is InChI=1S/C11H17BrN2O2/c1-11(2,7-15)14(4)10(16)9-5-8(12)6-13(9)3/h5-6,15H,7H2,1-4H3. The number of carbonyl (C=O) groups excluding carboxylic acids is 1. The van der Waals surface area contributed by atoms with E-state index in [9.17, 15) is 9.90 Å². The third-order valence-electron chi connectivity index (χ3n) is 2.79. The van der Waals surface area contributed by atoms with Crippen LogP contribution in [0.3, 0.4) is 0 Å². The second-order valence-corrected chi connectivity index (χ2v) is 5.40. The highest BCUT2D eigenvalue weighted by atomic mass is 79.9. The van der Waals surface area contributed by atoms with Crippen LogP contribution in [-0.4, -0.2) is 39.7 Å². The number of aliphatic hydroxyl groups excluding tert-OH is 1. The highest BCUT2D eigenvalue weighted by Gasteiger charge is 2.28. The summed E-state index contributed by atoms with van der Waals surface area (Å²) in [6.45, 7) is 3.58. The first-order valence-electron chi connectivity index (χ1n) is 5.00. The SMILES string of the molecule is CN(C(=O)c1cc(Br)cn1C)C(C)(C)CO. The average Bonchev–Trinajstić information content (AvgIpc) is 2.55. The molecule has 0 radical (unpaired) electrons. The molecule has 1 amide bonds. The van der Waals surface area contributed by atoms with Crippen molar-refractivity contribution in [2.24, 2.45) is 7.05 Å². The second kappa shape index (κ2) is 4.59. The van der Waals surface area contributed by atoms with Gasteiger partial charge in [-0.2, -0.15) is 0 Å². The minimum Gasteiger partial charge on any atom is -0.394 e. The second-order valence-electron chi connectivity index (χ2n) is 4.49. The van der Waals surface area contributed by atoms with E-state index in [4.69, 9.17) is 0 Å². The molecule has 0 atom stereocenters. The first kappa shape index (κ1) is 13.3. The van der Waals surface area contributed by atoms with Gasteiger partial charge in [0.1, 0.15) is 5.69 Å². The van der Waals surface area contributed by atoms with Crippen LogP contribution in [0.4, 0.5) is 0 Å². The maximum atomic E-state index is 12.2. The van der Waals surface area contributed by atoms with Crippen molar-refractivity contribution < 1.29 is 9.90 Å². The van der Waals surface area contributed by atoms with Gasteiger partial charge in [-0.15, -0.1) is 0 Å². The Hall–Kier alpha value is -0.810. The zero-order valence-electron chi connectivity index (χ0n) is 9.99. The summed E-state index contributed by atoms with van der Waals surface area (Å²) in [4.78, 5) is 13.7. The Kier molecular flexibility index (Phi) is 3.80. The monoisotopic (exact) mass is 288 g/mol. The molecule has 4 nitrogen and oxygen atoms in total. The van der Waals surface area contributed by atoms with Gasteiger partial charge in [-0.1, -0.05) is 0 Å². The van der Waals surface area contributed by atoms with Gasteiger partial charge < -0.3 is 14.6 Å². The number of nitrogens with zero attached hydrogens (tertiary/aromatic N) is 2. The average molecular weight is 289 g/mol. The normalized spacial score (nSPS) is 11.6. The van der Waals surface area contributed by atoms with Gasteiger partial charge in [0.25, 0.3) is 5.91 Å². The van der Waals surface area contributed by atoms with E-state index in [0.29, 0.717) is 5.69 Å². The molecule has 0 unspecified atom stereocenters. The van der Waals surface area contributed by atoms with Crippen LogP contribution < -0.4 is 0 Å². The van der Waals surface area contributed by atoms with Crippen molar-refractivity contribution in [3.05, 3.63) is 22.4 Å². The summed E-state index contributed by atoms with van der Waals surface area (Å²) in [5.74, 6) is -0.104. The van der Waals surface area contributed by atoms with Crippen molar-refractivity contribution in [2.45, 2.75) is 19.4 Å². The molecule has 0 saturated heterocycles. The predicted octanol–water partition coefficient (Wildman–Crippen LogP) is 1.63. The van der Waals surface area contributed by atoms with Gasteiger partial charge in [0.15, 0.2) is 0 Å². The molecular weight excluding hydrogens is 272 g/mol. The summed E-state index contributed by atoms with van der Waals surface area (Å²) in [5, 5.41) is 9.22. The van der Waals surface area contributed by atoms with Crippen LogP contribution >= 0.6 is 15.9 Å². The van der Waals surface area contributed by atoms with Crippen molar-refractivity contribution in [1.29, 1.82) is 0 Å². The number of carbonyl (C=O) groups is 1. The fraction of sp³-hybridized carbons (Fsp3) is 0.545. The van der Waals surface area contributed by atoms with Gasteiger partial charge in [-0.25, -0.2) is 0 Å².